The highest BCUT2D eigenvalue weighted by Gasteiger charge is 2.37. The van der Waals surface area contributed by atoms with Crippen LogP contribution in [0.5, 0.6) is 5.75 Å². The molecule has 0 aliphatic heterocycles. The molecule has 2 heteroatoms. The molecule has 0 bridgehead atoms. The fraction of sp³-hybridized carbons (Fsp3) is 0.136. The lowest BCUT2D eigenvalue weighted by Gasteiger charge is -2.22. The molecule has 0 saturated carbocycles. The lowest BCUT2D eigenvalue weighted by molar-refractivity contribution is 0.479. The maximum atomic E-state index is 10.5. The van der Waals surface area contributed by atoms with Crippen LogP contribution in [0.25, 0.3) is 28.0 Å². The maximum Gasteiger partial charge on any atom is 0.123 e. The number of phenolic OH excluding ortho intramolecular Hbond substituents is 1. The first-order valence-corrected chi connectivity index (χ1v) is 8.11. The molecule has 1 aliphatic rings. The zero-order valence-electron chi connectivity index (χ0n) is 13.8. The predicted octanol–water partition coefficient (Wildman–Crippen LogP) is 5.51. The van der Waals surface area contributed by atoms with E-state index in [1.807, 2.05) is 30.3 Å². The van der Waals surface area contributed by atoms with Gasteiger partial charge in [0.15, 0.2) is 0 Å². The molecule has 0 spiro atoms. The molecule has 0 radical (unpaired) electrons. The summed E-state index contributed by atoms with van der Waals surface area (Å²) < 4.78 is 0. The highest BCUT2D eigenvalue weighted by Crippen LogP contribution is 2.53. The Bertz CT molecular complexity index is 1010. The molecule has 0 amide bonds. The average molecular weight is 313 g/mol. The van der Waals surface area contributed by atoms with Crippen LogP contribution in [0.2, 0.25) is 0 Å². The predicted molar refractivity (Wildman–Crippen MR) is 101 cm³/mol. The van der Waals surface area contributed by atoms with Crippen LogP contribution in [-0.4, -0.2) is 11.3 Å². The second-order valence-corrected chi connectivity index (χ2v) is 6.82. The Balaban J connectivity index is 2.07. The van der Waals surface area contributed by atoms with Gasteiger partial charge in [0.2, 0.25) is 0 Å². The number of aromatic hydroxyl groups is 1. The van der Waals surface area contributed by atoms with Crippen LogP contribution in [-0.2, 0) is 5.41 Å². The normalized spacial score (nSPS) is 14.8. The summed E-state index contributed by atoms with van der Waals surface area (Å²) in [7, 11) is 0. The van der Waals surface area contributed by atoms with Crippen LogP contribution in [0.15, 0.2) is 54.6 Å². The van der Waals surface area contributed by atoms with Crippen LogP contribution in [0.1, 0.15) is 30.5 Å². The summed E-state index contributed by atoms with van der Waals surface area (Å²) in [5.74, 6) is 0.342. The van der Waals surface area contributed by atoms with Gasteiger partial charge in [-0.15, -0.1) is 0 Å². The van der Waals surface area contributed by atoms with E-state index in [9.17, 15) is 5.11 Å². The molecule has 118 valence electrons. The van der Waals surface area contributed by atoms with E-state index < -0.39 is 0 Å². The smallest absolute Gasteiger partial charge is 0.123 e. The molecule has 3 aromatic carbocycles. The first-order chi connectivity index (χ1) is 11.5. The number of hydrogen-bond acceptors (Lipinski definition) is 2. The van der Waals surface area contributed by atoms with Crippen molar-refractivity contribution in [2.45, 2.75) is 19.3 Å². The minimum Gasteiger partial charge on any atom is -0.507 e. The van der Waals surface area contributed by atoms with Crippen LogP contribution in [0, 0.1) is 5.41 Å². The Hall–Kier alpha value is -2.87. The molecule has 2 nitrogen and oxygen atoms in total. The van der Waals surface area contributed by atoms with Crippen molar-refractivity contribution in [1.82, 2.24) is 0 Å². The van der Waals surface area contributed by atoms with Gasteiger partial charge in [-0.05, 0) is 45.3 Å². The molecule has 0 atom stereocenters. The molecule has 0 heterocycles. The van der Waals surface area contributed by atoms with Crippen molar-refractivity contribution in [2.24, 2.45) is 0 Å². The third-order valence-electron chi connectivity index (χ3n) is 5.07. The first-order valence-electron chi connectivity index (χ1n) is 8.11. The van der Waals surface area contributed by atoms with Crippen LogP contribution >= 0.6 is 0 Å². The Morgan fingerprint density at radius 1 is 0.958 bits per heavy atom. The van der Waals surface area contributed by atoms with Crippen LogP contribution < -0.4 is 0 Å². The van der Waals surface area contributed by atoms with E-state index in [4.69, 9.17) is 5.41 Å². The van der Waals surface area contributed by atoms with Gasteiger partial charge in [-0.2, -0.15) is 0 Å². The van der Waals surface area contributed by atoms with E-state index in [1.54, 1.807) is 6.08 Å². The number of allylic oxidation sites excluding steroid dienone is 1. The Kier molecular flexibility index (Phi) is 3.10. The lowest BCUT2D eigenvalue weighted by atomic mass is 9.81. The summed E-state index contributed by atoms with van der Waals surface area (Å²) in [6, 6.07) is 16.4. The third kappa shape index (κ3) is 1.93. The van der Waals surface area contributed by atoms with Gasteiger partial charge in [0.1, 0.15) is 5.75 Å². The summed E-state index contributed by atoms with van der Waals surface area (Å²) in [4.78, 5) is 0. The number of phenols is 1. The van der Waals surface area contributed by atoms with Gasteiger partial charge in [0.05, 0.1) is 0 Å². The number of benzene rings is 3. The van der Waals surface area contributed by atoms with Crippen molar-refractivity contribution >= 4 is 23.1 Å². The monoisotopic (exact) mass is 313 g/mol. The summed E-state index contributed by atoms with van der Waals surface area (Å²) in [5.41, 5.74) is 5.82. The third-order valence-corrected chi connectivity index (χ3v) is 5.07. The van der Waals surface area contributed by atoms with E-state index in [0.717, 1.165) is 16.3 Å². The fourth-order valence-electron chi connectivity index (χ4n) is 3.84. The van der Waals surface area contributed by atoms with Gasteiger partial charge in [-0.25, -0.2) is 0 Å². The molecule has 2 N–H and O–H groups in total. The molecular formula is C22H19NO. The minimum atomic E-state index is -0.166. The van der Waals surface area contributed by atoms with Gasteiger partial charge in [0.25, 0.3) is 0 Å². The largest absolute Gasteiger partial charge is 0.507 e. The minimum absolute atomic E-state index is 0.166. The van der Waals surface area contributed by atoms with Crippen LogP contribution in [0.3, 0.4) is 0 Å². The van der Waals surface area contributed by atoms with E-state index in [2.05, 4.69) is 38.1 Å². The lowest BCUT2D eigenvalue weighted by Crippen LogP contribution is -2.15. The molecular weight excluding hydrogens is 294 g/mol. The van der Waals surface area contributed by atoms with E-state index in [-0.39, 0.29) is 5.41 Å². The van der Waals surface area contributed by atoms with Gasteiger partial charge in [0, 0.05) is 17.0 Å². The van der Waals surface area contributed by atoms with Crippen molar-refractivity contribution < 1.29 is 5.11 Å². The summed E-state index contributed by atoms with van der Waals surface area (Å²) in [6.07, 6.45) is 4.97. The molecule has 24 heavy (non-hydrogen) atoms. The van der Waals surface area contributed by atoms with Gasteiger partial charge in [-0.1, -0.05) is 62.4 Å². The summed E-state index contributed by atoms with van der Waals surface area (Å²) >= 11 is 0. The molecule has 4 rings (SSSR count). The van der Waals surface area contributed by atoms with E-state index in [1.165, 1.54) is 28.5 Å². The SMILES string of the molecule is CC1(C)c2cc(C=CC=N)ccc2-c2c1cc(O)c1ccccc21. The standard InChI is InChI=1S/C22H19NO/c1-22(2)18-12-14(6-5-11-23)9-10-17(18)21-16-8-4-3-7-15(16)20(24)13-19(21)22/h3-13,23-24H,1-2H3. The number of nitrogens with one attached hydrogen (secondary N) is 1. The van der Waals surface area contributed by atoms with Crippen molar-refractivity contribution in [2.75, 3.05) is 0 Å². The summed E-state index contributed by atoms with van der Waals surface area (Å²) in [6.45, 7) is 4.41. The molecule has 0 saturated heterocycles. The number of hydrogen-bond donors (Lipinski definition) is 2. The molecule has 0 aromatic heterocycles. The topological polar surface area (TPSA) is 44.1 Å². The van der Waals surface area contributed by atoms with E-state index in [0.29, 0.717) is 5.75 Å². The van der Waals surface area contributed by atoms with Crippen molar-refractivity contribution in [3.8, 4) is 16.9 Å². The number of fused-ring (bicyclic) bond motifs is 5. The van der Waals surface area contributed by atoms with Crippen molar-refractivity contribution in [3.63, 3.8) is 0 Å². The van der Waals surface area contributed by atoms with Crippen LogP contribution in [0.4, 0.5) is 0 Å². The van der Waals surface area contributed by atoms with Crippen molar-refractivity contribution in [1.29, 1.82) is 5.41 Å². The zero-order valence-corrected chi connectivity index (χ0v) is 13.8. The first kappa shape index (κ1) is 14.7. The molecule has 0 fully saturated rings. The Labute approximate surface area is 141 Å². The highest BCUT2D eigenvalue weighted by molar-refractivity contribution is 6.05. The second-order valence-electron chi connectivity index (χ2n) is 6.82. The zero-order chi connectivity index (χ0) is 16.9. The Morgan fingerprint density at radius 3 is 2.46 bits per heavy atom. The average Bonchev–Trinajstić information content (AvgIpc) is 2.81. The maximum absolute atomic E-state index is 10.5. The molecule has 0 unspecified atom stereocenters. The Morgan fingerprint density at radius 2 is 1.71 bits per heavy atom. The fourth-order valence-corrected chi connectivity index (χ4v) is 3.84. The quantitative estimate of drug-likeness (QED) is 0.602. The highest BCUT2D eigenvalue weighted by atomic mass is 16.3. The van der Waals surface area contributed by atoms with E-state index >= 15 is 0 Å². The molecule has 1 aliphatic carbocycles. The van der Waals surface area contributed by atoms with Gasteiger partial charge < -0.3 is 10.5 Å². The van der Waals surface area contributed by atoms with Crippen molar-refractivity contribution in [3.05, 3.63) is 71.3 Å². The molecule has 3 aromatic rings. The van der Waals surface area contributed by atoms with Gasteiger partial charge in [-0.3, -0.25) is 0 Å². The summed E-state index contributed by atoms with van der Waals surface area (Å²) in [5, 5.41) is 19.6. The number of rotatable bonds is 2. The second kappa shape index (κ2) is 5.07. The van der Waals surface area contributed by atoms with Gasteiger partial charge >= 0.3 is 0 Å².